The molecular formula is C20H25N3O3. The smallest absolute Gasteiger partial charge is 0.222 e. The van der Waals surface area contributed by atoms with Gasteiger partial charge in [0.15, 0.2) is 0 Å². The van der Waals surface area contributed by atoms with Crippen molar-refractivity contribution in [3.8, 4) is 5.75 Å². The van der Waals surface area contributed by atoms with Gasteiger partial charge >= 0.3 is 0 Å². The fraction of sp³-hybridized carbons (Fsp3) is 0.400. The van der Waals surface area contributed by atoms with Crippen molar-refractivity contribution in [1.82, 2.24) is 15.2 Å². The van der Waals surface area contributed by atoms with Crippen molar-refractivity contribution in [3.05, 3.63) is 59.9 Å². The summed E-state index contributed by atoms with van der Waals surface area (Å²) in [7, 11) is 1.64. The van der Waals surface area contributed by atoms with Crippen LogP contribution in [0, 0.1) is 0 Å². The molecule has 1 fully saturated rings. The van der Waals surface area contributed by atoms with Crippen LogP contribution in [0.15, 0.2) is 48.8 Å². The topological polar surface area (TPSA) is 63.7 Å². The van der Waals surface area contributed by atoms with Gasteiger partial charge in [-0.3, -0.25) is 14.7 Å². The van der Waals surface area contributed by atoms with Gasteiger partial charge in [-0.15, -0.1) is 0 Å². The highest BCUT2D eigenvalue weighted by molar-refractivity contribution is 5.77. The molecule has 3 rings (SSSR count). The molecule has 1 aromatic carbocycles. The zero-order valence-corrected chi connectivity index (χ0v) is 15.1. The van der Waals surface area contributed by atoms with Crippen LogP contribution in [0.4, 0.5) is 0 Å². The number of carbonyl (C=O) groups excluding carboxylic acids is 1. The Morgan fingerprint density at radius 2 is 1.81 bits per heavy atom. The van der Waals surface area contributed by atoms with E-state index in [0.29, 0.717) is 6.42 Å². The number of hydrogen-bond acceptors (Lipinski definition) is 5. The summed E-state index contributed by atoms with van der Waals surface area (Å²) in [5, 5.41) is 3.16. The fourth-order valence-electron chi connectivity index (χ4n) is 3.03. The number of carbonyl (C=O) groups is 1. The maximum atomic E-state index is 12.6. The van der Waals surface area contributed by atoms with Gasteiger partial charge in [-0.2, -0.15) is 0 Å². The summed E-state index contributed by atoms with van der Waals surface area (Å²) in [6, 6.07) is 11.4. The highest BCUT2D eigenvalue weighted by Crippen LogP contribution is 2.24. The standard InChI is InChI=1S/C20H25N3O3/c1-25-18-4-2-16(3-5-18)20(17-6-9-21-10-7-17)22-19(24)8-11-23-12-14-26-15-13-23/h2-7,9-10,20H,8,11-15H2,1H3,(H,22,24). The molecule has 1 saturated heterocycles. The van der Waals surface area contributed by atoms with Gasteiger partial charge in [0.25, 0.3) is 0 Å². The Morgan fingerprint density at radius 3 is 2.46 bits per heavy atom. The van der Waals surface area contributed by atoms with Crippen LogP contribution in [-0.4, -0.2) is 55.7 Å². The van der Waals surface area contributed by atoms with Crippen molar-refractivity contribution in [2.24, 2.45) is 0 Å². The van der Waals surface area contributed by atoms with Gasteiger partial charge in [-0.25, -0.2) is 0 Å². The number of hydrogen-bond donors (Lipinski definition) is 1. The SMILES string of the molecule is COc1ccc(C(NC(=O)CCN2CCOCC2)c2ccncc2)cc1. The Kier molecular flexibility index (Phi) is 6.57. The lowest BCUT2D eigenvalue weighted by Gasteiger charge is -2.26. The van der Waals surface area contributed by atoms with Crippen molar-refractivity contribution >= 4 is 5.91 Å². The quantitative estimate of drug-likeness (QED) is 0.823. The van der Waals surface area contributed by atoms with E-state index < -0.39 is 0 Å². The molecular weight excluding hydrogens is 330 g/mol. The second kappa shape index (κ2) is 9.31. The Morgan fingerprint density at radius 1 is 1.15 bits per heavy atom. The third kappa shape index (κ3) is 5.03. The molecule has 0 aliphatic carbocycles. The first-order valence-electron chi connectivity index (χ1n) is 8.89. The highest BCUT2D eigenvalue weighted by atomic mass is 16.5. The average Bonchev–Trinajstić information content (AvgIpc) is 2.72. The molecule has 26 heavy (non-hydrogen) atoms. The van der Waals surface area contributed by atoms with Gasteiger partial charge in [0.2, 0.25) is 5.91 Å². The second-order valence-electron chi connectivity index (χ2n) is 6.26. The van der Waals surface area contributed by atoms with Crippen molar-refractivity contribution in [1.29, 1.82) is 0 Å². The molecule has 1 atom stereocenters. The van der Waals surface area contributed by atoms with Gasteiger partial charge in [0, 0.05) is 38.4 Å². The number of morpholine rings is 1. The molecule has 1 unspecified atom stereocenters. The number of pyridine rings is 1. The van der Waals surface area contributed by atoms with E-state index in [2.05, 4.69) is 15.2 Å². The fourth-order valence-corrected chi connectivity index (χ4v) is 3.03. The van der Waals surface area contributed by atoms with E-state index >= 15 is 0 Å². The number of nitrogens with zero attached hydrogens (tertiary/aromatic N) is 2. The zero-order valence-electron chi connectivity index (χ0n) is 15.1. The average molecular weight is 355 g/mol. The van der Waals surface area contributed by atoms with E-state index in [1.165, 1.54) is 0 Å². The van der Waals surface area contributed by atoms with Crippen LogP contribution < -0.4 is 10.1 Å². The molecule has 1 aliphatic heterocycles. The molecule has 2 heterocycles. The van der Waals surface area contributed by atoms with Crippen LogP contribution in [0.1, 0.15) is 23.6 Å². The van der Waals surface area contributed by atoms with E-state index in [0.717, 1.165) is 49.7 Å². The lowest BCUT2D eigenvalue weighted by Crippen LogP contribution is -2.39. The number of aromatic nitrogens is 1. The van der Waals surface area contributed by atoms with E-state index in [1.807, 2.05) is 36.4 Å². The highest BCUT2D eigenvalue weighted by Gasteiger charge is 2.18. The van der Waals surface area contributed by atoms with Crippen molar-refractivity contribution in [2.75, 3.05) is 40.0 Å². The predicted octanol–water partition coefficient (Wildman–Crippen LogP) is 2.02. The second-order valence-corrected chi connectivity index (χ2v) is 6.26. The molecule has 0 bridgehead atoms. The number of nitrogens with one attached hydrogen (secondary N) is 1. The van der Waals surface area contributed by atoms with Crippen LogP contribution in [-0.2, 0) is 9.53 Å². The molecule has 0 saturated carbocycles. The number of rotatable bonds is 7. The van der Waals surface area contributed by atoms with Gasteiger partial charge in [0.1, 0.15) is 5.75 Å². The Balaban J connectivity index is 1.67. The molecule has 1 N–H and O–H groups in total. The summed E-state index contributed by atoms with van der Waals surface area (Å²) < 4.78 is 10.6. The molecule has 1 aromatic heterocycles. The van der Waals surface area contributed by atoms with Crippen LogP contribution in [0.2, 0.25) is 0 Å². The van der Waals surface area contributed by atoms with E-state index in [1.54, 1.807) is 19.5 Å². The van der Waals surface area contributed by atoms with Gasteiger partial charge < -0.3 is 14.8 Å². The van der Waals surface area contributed by atoms with Crippen molar-refractivity contribution < 1.29 is 14.3 Å². The van der Waals surface area contributed by atoms with Gasteiger partial charge in [-0.05, 0) is 35.4 Å². The monoisotopic (exact) mass is 355 g/mol. The summed E-state index contributed by atoms with van der Waals surface area (Å²) in [5.74, 6) is 0.829. The van der Waals surface area contributed by atoms with Crippen molar-refractivity contribution in [3.63, 3.8) is 0 Å². The van der Waals surface area contributed by atoms with Crippen LogP contribution >= 0.6 is 0 Å². The van der Waals surface area contributed by atoms with E-state index in [-0.39, 0.29) is 11.9 Å². The first-order chi connectivity index (χ1) is 12.8. The number of methoxy groups -OCH3 is 1. The Hall–Kier alpha value is -2.44. The van der Waals surface area contributed by atoms with Crippen LogP contribution in [0.5, 0.6) is 5.75 Å². The largest absolute Gasteiger partial charge is 0.497 e. The summed E-state index contributed by atoms with van der Waals surface area (Å²) in [6.07, 6.45) is 3.95. The molecule has 0 radical (unpaired) electrons. The third-order valence-electron chi connectivity index (χ3n) is 4.55. The molecule has 138 valence electrons. The first kappa shape index (κ1) is 18.4. The normalized spacial score (nSPS) is 16.0. The summed E-state index contributed by atoms with van der Waals surface area (Å²) in [5.41, 5.74) is 2.02. The number of benzene rings is 1. The first-order valence-corrected chi connectivity index (χ1v) is 8.89. The molecule has 0 spiro atoms. The summed E-state index contributed by atoms with van der Waals surface area (Å²) in [6.45, 7) is 4.01. The molecule has 1 aliphatic rings. The lowest BCUT2D eigenvalue weighted by molar-refractivity contribution is -0.122. The van der Waals surface area contributed by atoms with E-state index in [9.17, 15) is 4.79 Å². The lowest BCUT2D eigenvalue weighted by atomic mass is 9.99. The minimum absolute atomic E-state index is 0.0362. The zero-order chi connectivity index (χ0) is 18.2. The summed E-state index contributed by atoms with van der Waals surface area (Å²) >= 11 is 0. The molecule has 6 heteroatoms. The minimum atomic E-state index is -0.207. The minimum Gasteiger partial charge on any atom is -0.497 e. The van der Waals surface area contributed by atoms with Crippen LogP contribution in [0.3, 0.4) is 0 Å². The van der Waals surface area contributed by atoms with Gasteiger partial charge in [0.05, 0.1) is 26.4 Å². The third-order valence-corrected chi connectivity index (χ3v) is 4.55. The van der Waals surface area contributed by atoms with Gasteiger partial charge in [-0.1, -0.05) is 12.1 Å². The maximum absolute atomic E-state index is 12.6. The van der Waals surface area contributed by atoms with Crippen molar-refractivity contribution in [2.45, 2.75) is 12.5 Å². The number of ether oxygens (including phenoxy) is 2. The Labute approximate surface area is 154 Å². The van der Waals surface area contributed by atoms with E-state index in [4.69, 9.17) is 9.47 Å². The molecule has 6 nitrogen and oxygen atoms in total. The maximum Gasteiger partial charge on any atom is 0.222 e. The molecule has 1 amide bonds. The molecule has 2 aromatic rings. The summed E-state index contributed by atoms with van der Waals surface area (Å²) in [4.78, 5) is 18.9. The predicted molar refractivity (Wildman–Crippen MR) is 99.1 cm³/mol. The number of amides is 1. The van der Waals surface area contributed by atoms with Crippen LogP contribution in [0.25, 0.3) is 0 Å². The Bertz CT molecular complexity index is 685.